The van der Waals surface area contributed by atoms with Gasteiger partial charge in [0.1, 0.15) is 17.1 Å². The molecule has 0 amide bonds. The molecule has 0 radical (unpaired) electrons. The molecule has 5 heteroatoms. The van der Waals surface area contributed by atoms with E-state index in [0.29, 0.717) is 5.88 Å². The zero-order valence-corrected chi connectivity index (χ0v) is 13.2. The van der Waals surface area contributed by atoms with Crippen LogP contribution in [0, 0.1) is 6.92 Å². The molecule has 0 unspecified atom stereocenters. The van der Waals surface area contributed by atoms with Crippen molar-refractivity contribution < 1.29 is 4.74 Å². The standard InChI is InChI=1S/C17H16ClN3O/c1-12-7-9-13(10-8-12)17-14(11-18)19-20-21(17)15-5-3-4-6-16(15)22-2/h3-10H,11H2,1-2H3. The molecule has 0 aliphatic carbocycles. The van der Waals surface area contributed by atoms with Crippen LogP contribution in [0.5, 0.6) is 5.75 Å². The van der Waals surface area contributed by atoms with Crippen LogP contribution in [-0.2, 0) is 5.88 Å². The molecule has 0 saturated carbocycles. The predicted octanol–water partition coefficient (Wildman–Crippen LogP) is 3.99. The second kappa shape index (κ2) is 6.20. The normalized spacial score (nSPS) is 10.7. The lowest BCUT2D eigenvalue weighted by molar-refractivity contribution is 0.411. The Balaban J connectivity index is 2.21. The van der Waals surface area contributed by atoms with Crippen LogP contribution in [0.3, 0.4) is 0 Å². The van der Waals surface area contributed by atoms with Gasteiger partial charge in [-0.3, -0.25) is 0 Å². The van der Waals surface area contributed by atoms with Gasteiger partial charge >= 0.3 is 0 Å². The average Bonchev–Trinajstić information content (AvgIpc) is 2.99. The fourth-order valence-electron chi connectivity index (χ4n) is 2.38. The summed E-state index contributed by atoms with van der Waals surface area (Å²) < 4.78 is 7.21. The van der Waals surface area contributed by atoms with Gasteiger partial charge in [0.15, 0.2) is 0 Å². The first-order chi connectivity index (χ1) is 10.7. The highest BCUT2D eigenvalue weighted by Crippen LogP contribution is 2.30. The van der Waals surface area contributed by atoms with Crippen LogP contribution in [0.4, 0.5) is 0 Å². The Morgan fingerprint density at radius 1 is 1.09 bits per heavy atom. The largest absolute Gasteiger partial charge is 0.494 e. The zero-order valence-electron chi connectivity index (χ0n) is 12.5. The molecule has 0 aliphatic rings. The molecule has 4 nitrogen and oxygen atoms in total. The molecule has 0 aliphatic heterocycles. The van der Waals surface area contributed by atoms with Gasteiger partial charge in [-0.1, -0.05) is 47.2 Å². The first kappa shape index (κ1) is 14.6. The maximum absolute atomic E-state index is 6.04. The summed E-state index contributed by atoms with van der Waals surface area (Å²) in [5.74, 6) is 1.04. The molecule has 0 bridgehead atoms. The van der Waals surface area contributed by atoms with Crippen molar-refractivity contribution in [2.24, 2.45) is 0 Å². The Labute approximate surface area is 134 Å². The number of para-hydroxylation sites is 2. The van der Waals surface area contributed by atoms with Gasteiger partial charge in [0, 0.05) is 5.56 Å². The second-order valence-corrected chi connectivity index (χ2v) is 5.24. The number of aryl methyl sites for hydroxylation is 1. The lowest BCUT2D eigenvalue weighted by Gasteiger charge is -2.11. The molecule has 22 heavy (non-hydrogen) atoms. The van der Waals surface area contributed by atoms with Gasteiger partial charge in [0.25, 0.3) is 0 Å². The van der Waals surface area contributed by atoms with E-state index in [1.807, 2.05) is 24.3 Å². The van der Waals surface area contributed by atoms with Crippen molar-refractivity contribution in [1.82, 2.24) is 15.0 Å². The van der Waals surface area contributed by atoms with E-state index >= 15 is 0 Å². The van der Waals surface area contributed by atoms with Crippen molar-refractivity contribution >= 4 is 11.6 Å². The summed E-state index contributed by atoms with van der Waals surface area (Å²) in [6.07, 6.45) is 0. The monoisotopic (exact) mass is 313 g/mol. The Kier molecular flexibility index (Phi) is 4.11. The third kappa shape index (κ3) is 2.57. The lowest BCUT2D eigenvalue weighted by atomic mass is 10.1. The van der Waals surface area contributed by atoms with E-state index in [1.54, 1.807) is 11.8 Å². The van der Waals surface area contributed by atoms with Gasteiger partial charge in [0.2, 0.25) is 0 Å². The van der Waals surface area contributed by atoms with Gasteiger partial charge in [0.05, 0.1) is 18.7 Å². The lowest BCUT2D eigenvalue weighted by Crippen LogP contribution is -2.02. The molecule has 3 aromatic rings. The highest BCUT2D eigenvalue weighted by atomic mass is 35.5. The number of hydrogen-bond donors (Lipinski definition) is 0. The minimum absolute atomic E-state index is 0.304. The van der Waals surface area contributed by atoms with Gasteiger partial charge < -0.3 is 4.74 Å². The zero-order chi connectivity index (χ0) is 15.5. The number of nitrogens with zero attached hydrogens (tertiary/aromatic N) is 3. The summed E-state index contributed by atoms with van der Waals surface area (Å²) in [4.78, 5) is 0. The number of methoxy groups -OCH3 is 1. The number of alkyl halides is 1. The smallest absolute Gasteiger partial charge is 0.144 e. The van der Waals surface area contributed by atoms with E-state index < -0.39 is 0 Å². The molecule has 0 spiro atoms. The van der Waals surface area contributed by atoms with E-state index in [0.717, 1.165) is 28.4 Å². The SMILES string of the molecule is COc1ccccc1-n1nnc(CCl)c1-c1ccc(C)cc1. The predicted molar refractivity (Wildman–Crippen MR) is 87.6 cm³/mol. The highest BCUT2D eigenvalue weighted by molar-refractivity contribution is 6.17. The molecule has 1 heterocycles. The second-order valence-electron chi connectivity index (χ2n) is 4.97. The van der Waals surface area contributed by atoms with Crippen LogP contribution >= 0.6 is 11.6 Å². The number of aromatic nitrogens is 3. The molecule has 0 fully saturated rings. The highest BCUT2D eigenvalue weighted by Gasteiger charge is 2.17. The minimum Gasteiger partial charge on any atom is -0.494 e. The fraction of sp³-hybridized carbons (Fsp3) is 0.176. The molecule has 0 atom stereocenters. The Morgan fingerprint density at radius 3 is 2.50 bits per heavy atom. The van der Waals surface area contributed by atoms with Crippen molar-refractivity contribution in [3.8, 4) is 22.7 Å². The van der Waals surface area contributed by atoms with Crippen molar-refractivity contribution in [3.63, 3.8) is 0 Å². The first-order valence-corrected chi connectivity index (χ1v) is 7.49. The van der Waals surface area contributed by atoms with E-state index in [1.165, 1.54) is 5.56 Å². The van der Waals surface area contributed by atoms with Crippen molar-refractivity contribution in [2.45, 2.75) is 12.8 Å². The average molecular weight is 314 g/mol. The fourth-order valence-corrected chi connectivity index (χ4v) is 2.56. The number of ether oxygens (including phenoxy) is 1. The van der Waals surface area contributed by atoms with E-state index in [-0.39, 0.29) is 0 Å². The van der Waals surface area contributed by atoms with Crippen LogP contribution in [0.1, 0.15) is 11.3 Å². The third-order valence-corrected chi connectivity index (χ3v) is 3.76. The quantitative estimate of drug-likeness (QED) is 0.684. The molecule has 112 valence electrons. The van der Waals surface area contributed by atoms with Crippen LogP contribution in [0.15, 0.2) is 48.5 Å². The summed E-state index contributed by atoms with van der Waals surface area (Å²) in [7, 11) is 1.64. The molecule has 2 aromatic carbocycles. The summed E-state index contributed by atoms with van der Waals surface area (Å²) in [5, 5.41) is 8.48. The molecule has 0 N–H and O–H groups in total. The van der Waals surface area contributed by atoms with Crippen molar-refractivity contribution in [2.75, 3.05) is 7.11 Å². The Hall–Kier alpha value is -2.33. The number of rotatable bonds is 4. The maximum Gasteiger partial charge on any atom is 0.144 e. The van der Waals surface area contributed by atoms with E-state index in [4.69, 9.17) is 16.3 Å². The van der Waals surface area contributed by atoms with Crippen molar-refractivity contribution in [1.29, 1.82) is 0 Å². The number of benzene rings is 2. The molecule has 0 saturated heterocycles. The summed E-state index contributed by atoms with van der Waals surface area (Å²) in [6.45, 7) is 2.06. The third-order valence-electron chi connectivity index (χ3n) is 3.50. The maximum atomic E-state index is 6.04. The van der Waals surface area contributed by atoms with Crippen LogP contribution < -0.4 is 4.74 Å². The van der Waals surface area contributed by atoms with Crippen LogP contribution in [-0.4, -0.2) is 22.1 Å². The van der Waals surface area contributed by atoms with Gasteiger partial charge in [-0.25, -0.2) is 4.68 Å². The molecule has 1 aromatic heterocycles. The number of hydrogen-bond acceptors (Lipinski definition) is 3. The van der Waals surface area contributed by atoms with Gasteiger partial charge in [-0.15, -0.1) is 16.7 Å². The summed E-state index contributed by atoms with van der Waals surface area (Å²) in [6, 6.07) is 15.9. The van der Waals surface area contributed by atoms with Crippen LogP contribution in [0.25, 0.3) is 16.9 Å². The first-order valence-electron chi connectivity index (χ1n) is 6.95. The summed E-state index contributed by atoms with van der Waals surface area (Å²) in [5.41, 5.74) is 4.70. The summed E-state index contributed by atoms with van der Waals surface area (Å²) >= 11 is 6.04. The van der Waals surface area contributed by atoms with E-state index in [9.17, 15) is 0 Å². The topological polar surface area (TPSA) is 39.9 Å². The Morgan fingerprint density at radius 2 is 1.82 bits per heavy atom. The molecular weight excluding hydrogens is 298 g/mol. The minimum atomic E-state index is 0.304. The number of halogens is 1. The molecule has 3 rings (SSSR count). The Bertz CT molecular complexity index is 781. The molecular formula is C17H16ClN3O. The van der Waals surface area contributed by atoms with Gasteiger partial charge in [-0.05, 0) is 19.1 Å². The van der Waals surface area contributed by atoms with E-state index in [2.05, 4.69) is 41.5 Å². The van der Waals surface area contributed by atoms with Crippen LogP contribution in [0.2, 0.25) is 0 Å². The van der Waals surface area contributed by atoms with Gasteiger partial charge in [-0.2, -0.15) is 0 Å². The van der Waals surface area contributed by atoms with Crippen molar-refractivity contribution in [3.05, 3.63) is 59.8 Å².